The highest BCUT2D eigenvalue weighted by atomic mass is 19.4. The molecule has 3 atom stereocenters. The van der Waals surface area contributed by atoms with E-state index < -0.39 is 17.5 Å². The highest BCUT2D eigenvalue weighted by molar-refractivity contribution is 5.47. The molecule has 1 aromatic heterocycles. The predicted octanol–water partition coefficient (Wildman–Crippen LogP) is 3.78. The van der Waals surface area contributed by atoms with E-state index in [1.54, 1.807) is 13.8 Å². The van der Waals surface area contributed by atoms with Gasteiger partial charge in [-0.2, -0.15) is 18.3 Å². The van der Waals surface area contributed by atoms with E-state index in [2.05, 4.69) is 5.10 Å². The van der Waals surface area contributed by atoms with Crippen LogP contribution >= 0.6 is 0 Å². The zero-order chi connectivity index (χ0) is 13.5. The molecule has 18 heavy (non-hydrogen) atoms. The van der Waals surface area contributed by atoms with Gasteiger partial charge in [-0.25, -0.2) is 4.39 Å². The Morgan fingerprint density at radius 2 is 2.00 bits per heavy atom. The second-order valence-corrected chi connectivity index (χ2v) is 5.67. The molecular formula is C12H14F4N2. The summed E-state index contributed by atoms with van der Waals surface area (Å²) >= 11 is 0. The number of fused-ring (bicyclic) bond motifs is 3. The van der Waals surface area contributed by atoms with E-state index in [1.807, 2.05) is 0 Å². The van der Waals surface area contributed by atoms with Crippen LogP contribution in [-0.2, 0) is 11.8 Å². The van der Waals surface area contributed by atoms with E-state index >= 15 is 0 Å². The Morgan fingerprint density at radius 1 is 1.39 bits per heavy atom. The Kier molecular flexibility index (Phi) is 2.05. The van der Waals surface area contributed by atoms with E-state index in [9.17, 15) is 17.6 Å². The molecule has 0 spiro atoms. The summed E-state index contributed by atoms with van der Waals surface area (Å²) < 4.78 is 54.7. The fourth-order valence-electron chi connectivity index (χ4n) is 3.16. The van der Waals surface area contributed by atoms with Gasteiger partial charge in [0.1, 0.15) is 0 Å². The van der Waals surface area contributed by atoms with Gasteiger partial charge in [-0.15, -0.1) is 0 Å². The number of hydrogen-bond acceptors (Lipinski definition) is 1. The van der Waals surface area contributed by atoms with Crippen molar-refractivity contribution >= 4 is 0 Å². The lowest BCUT2D eigenvalue weighted by atomic mass is 10.0. The third-order valence-electron chi connectivity index (χ3n) is 4.03. The summed E-state index contributed by atoms with van der Waals surface area (Å²) in [6, 6.07) is -0.276. The summed E-state index contributed by atoms with van der Waals surface area (Å²) in [6.45, 7) is 4.81. The first-order valence-corrected chi connectivity index (χ1v) is 6.04. The zero-order valence-electron chi connectivity index (χ0n) is 10.3. The molecule has 2 nitrogen and oxygen atoms in total. The van der Waals surface area contributed by atoms with Crippen molar-refractivity contribution in [1.82, 2.24) is 9.78 Å². The molecule has 1 aromatic rings. The van der Waals surface area contributed by atoms with Crippen LogP contribution in [0.5, 0.6) is 0 Å². The van der Waals surface area contributed by atoms with Crippen molar-refractivity contribution in [2.24, 2.45) is 5.92 Å². The third-order valence-corrected chi connectivity index (χ3v) is 4.03. The first-order chi connectivity index (χ1) is 8.15. The van der Waals surface area contributed by atoms with E-state index in [1.165, 1.54) is 11.6 Å². The average molecular weight is 262 g/mol. The fraction of sp³-hybridized carbons (Fsp3) is 0.750. The molecule has 2 aliphatic rings. The molecule has 1 fully saturated rings. The minimum Gasteiger partial charge on any atom is -0.263 e. The minimum atomic E-state index is -4.50. The lowest BCUT2D eigenvalue weighted by Gasteiger charge is -2.21. The van der Waals surface area contributed by atoms with Crippen LogP contribution in [0.4, 0.5) is 17.6 Å². The van der Waals surface area contributed by atoms with Gasteiger partial charge in [0, 0.05) is 17.5 Å². The van der Waals surface area contributed by atoms with Gasteiger partial charge in [0.05, 0.1) is 5.69 Å². The van der Waals surface area contributed by atoms with Crippen LogP contribution in [0.3, 0.4) is 0 Å². The molecule has 0 amide bonds. The quantitative estimate of drug-likeness (QED) is 0.704. The zero-order valence-corrected chi connectivity index (χ0v) is 10.3. The topological polar surface area (TPSA) is 17.8 Å². The molecule has 3 rings (SSSR count). The van der Waals surface area contributed by atoms with E-state index in [4.69, 9.17) is 0 Å². The van der Waals surface area contributed by atoms with Crippen LogP contribution in [-0.4, -0.2) is 9.78 Å². The van der Waals surface area contributed by atoms with Crippen LogP contribution in [0.2, 0.25) is 0 Å². The van der Waals surface area contributed by atoms with Gasteiger partial charge in [-0.1, -0.05) is 0 Å². The summed E-state index contributed by atoms with van der Waals surface area (Å²) in [5, 5.41) is 3.63. The molecule has 0 aromatic carbocycles. The number of hydrogen-bond donors (Lipinski definition) is 0. The molecule has 0 saturated heterocycles. The molecule has 0 bridgehead atoms. The second-order valence-electron chi connectivity index (χ2n) is 5.67. The van der Waals surface area contributed by atoms with Crippen LogP contribution in [0.25, 0.3) is 0 Å². The number of halogens is 4. The summed E-state index contributed by atoms with van der Waals surface area (Å²) in [6.07, 6.45) is -4.00. The predicted molar refractivity (Wildman–Crippen MR) is 56.9 cm³/mol. The lowest BCUT2D eigenvalue weighted by molar-refractivity contribution is -0.142. The average Bonchev–Trinajstić information content (AvgIpc) is 2.82. The van der Waals surface area contributed by atoms with Gasteiger partial charge in [0.25, 0.3) is 0 Å². The van der Waals surface area contributed by atoms with Crippen molar-refractivity contribution in [2.45, 2.75) is 51.0 Å². The molecule has 100 valence electrons. The Morgan fingerprint density at radius 3 is 2.50 bits per heavy atom. The van der Waals surface area contributed by atoms with Gasteiger partial charge in [-0.05, 0) is 33.1 Å². The van der Waals surface area contributed by atoms with Crippen molar-refractivity contribution in [2.75, 3.05) is 0 Å². The maximum absolute atomic E-state index is 14.6. The highest BCUT2D eigenvalue weighted by Gasteiger charge is 2.65. The molecule has 1 unspecified atom stereocenters. The molecule has 6 heteroatoms. The van der Waals surface area contributed by atoms with E-state index in [0.29, 0.717) is 6.42 Å². The molecule has 1 heterocycles. The smallest absolute Gasteiger partial charge is 0.263 e. The Balaban J connectivity index is 2.26. The van der Waals surface area contributed by atoms with E-state index in [-0.39, 0.29) is 29.1 Å². The maximum Gasteiger partial charge on any atom is 0.435 e. The van der Waals surface area contributed by atoms with Gasteiger partial charge >= 0.3 is 6.18 Å². The molecule has 1 saturated carbocycles. The fourth-order valence-corrected chi connectivity index (χ4v) is 3.16. The minimum absolute atomic E-state index is 0.103. The highest BCUT2D eigenvalue weighted by Crippen LogP contribution is 2.68. The maximum atomic E-state index is 14.6. The van der Waals surface area contributed by atoms with E-state index in [0.717, 1.165) is 0 Å². The standard InChI is InChI=1S/C12H14F4N2/c1-5(2)18-10-8(9(17-18)12(14,15)16)6-4-7(6)11(10,3)13/h5-7H,4H2,1-3H3/t6-,7+,11?/m0/s1. The molecule has 0 N–H and O–H groups in total. The molecular weight excluding hydrogens is 248 g/mol. The van der Waals surface area contributed by atoms with Crippen LogP contribution in [0.1, 0.15) is 56.1 Å². The second kappa shape index (κ2) is 3.08. The first kappa shape index (κ1) is 12.0. The van der Waals surface area contributed by atoms with Crippen molar-refractivity contribution in [3.05, 3.63) is 17.0 Å². The number of aromatic nitrogens is 2. The summed E-state index contributed by atoms with van der Waals surface area (Å²) in [5.74, 6) is -0.587. The lowest BCUT2D eigenvalue weighted by Crippen LogP contribution is -2.22. The Hall–Kier alpha value is -1.07. The van der Waals surface area contributed by atoms with Crippen LogP contribution < -0.4 is 0 Å². The first-order valence-electron chi connectivity index (χ1n) is 6.04. The Labute approximate surface area is 102 Å². The van der Waals surface area contributed by atoms with Gasteiger partial charge in [0.2, 0.25) is 0 Å². The SMILES string of the molecule is CC(C)n1nc(C(F)(F)F)c2c1C(C)(F)[C@@H]1C[C@H]21. The molecule has 0 aliphatic heterocycles. The van der Waals surface area contributed by atoms with Crippen LogP contribution in [0, 0.1) is 5.92 Å². The van der Waals surface area contributed by atoms with Crippen molar-refractivity contribution in [3.8, 4) is 0 Å². The monoisotopic (exact) mass is 262 g/mol. The van der Waals surface area contributed by atoms with Crippen LogP contribution in [0.15, 0.2) is 0 Å². The van der Waals surface area contributed by atoms with Crippen molar-refractivity contribution < 1.29 is 17.6 Å². The largest absolute Gasteiger partial charge is 0.435 e. The molecule has 2 aliphatic carbocycles. The van der Waals surface area contributed by atoms with Gasteiger partial charge in [0.15, 0.2) is 11.4 Å². The normalized spacial score (nSPS) is 33.8. The van der Waals surface area contributed by atoms with Crippen molar-refractivity contribution in [1.29, 1.82) is 0 Å². The summed E-state index contributed by atoms with van der Waals surface area (Å²) in [4.78, 5) is 0. The van der Waals surface area contributed by atoms with Gasteiger partial charge in [-0.3, -0.25) is 4.68 Å². The Bertz CT molecular complexity index is 513. The van der Waals surface area contributed by atoms with Gasteiger partial charge < -0.3 is 0 Å². The summed E-state index contributed by atoms with van der Waals surface area (Å²) in [5.41, 5.74) is -2.32. The number of alkyl halides is 4. The molecule has 0 radical (unpaired) electrons. The van der Waals surface area contributed by atoms with Crippen molar-refractivity contribution in [3.63, 3.8) is 0 Å². The number of nitrogens with zero attached hydrogens (tertiary/aromatic N) is 2. The number of rotatable bonds is 1. The summed E-state index contributed by atoms with van der Waals surface area (Å²) in [7, 11) is 0. The third kappa shape index (κ3) is 1.32.